The molecule has 3 N–H and O–H groups in total. The minimum absolute atomic E-state index is 0.0555. The molecular formula is C22H29N3O2. The highest BCUT2D eigenvalue weighted by atomic mass is 16.5. The van der Waals surface area contributed by atoms with Crippen LogP contribution in [-0.2, 0) is 10.2 Å². The number of hydrogen-bond acceptors (Lipinski definition) is 3. The van der Waals surface area contributed by atoms with Crippen molar-refractivity contribution in [1.29, 1.82) is 0 Å². The van der Waals surface area contributed by atoms with Crippen LogP contribution in [0.4, 0.5) is 5.69 Å². The number of methoxy groups -OCH3 is 1. The number of benzene rings is 2. The molecular weight excluding hydrogens is 338 g/mol. The maximum absolute atomic E-state index is 6.18. The van der Waals surface area contributed by atoms with E-state index < -0.39 is 0 Å². The Morgan fingerprint density at radius 1 is 1.11 bits per heavy atom. The third-order valence-corrected chi connectivity index (χ3v) is 5.48. The lowest BCUT2D eigenvalue weighted by molar-refractivity contribution is 0.0531. The fourth-order valence-electron chi connectivity index (χ4n) is 3.49. The van der Waals surface area contributed by atoms with Gasteiger partial charge < -0.3 is 20.5 Å². The number of aryl methyl sites for hydroxylation is 2. The highest BCUT2D eigenvalue weighted by molar-refractivity contribution is 5.92. The van der Waals surface area contributed by atoms with Crippen molar-refractivity contribution in [2.45, 2.75) is 32.1 Å². The highest BCUT2D eigenvalue weighted by Gasteiger charge is 2.34. The number of nitrogens with two attached hydrogens (primary N) is 1. The molecule has 0 aromatic heterocycles. The van der Waals surface area contributed by atoms with Crippen LogP contribution in [0.1, 0.15) is 29.5 Å². The van der Waals surface area contributed by atoms with Gasteiger partial charge in [0.2, 0.25) is 0 Å². The molecule has 0 unspecified atom stereocenters. The standard InChI is InChI=1S/C22H29N3O2/c1-16-4-7-19(14-17(16)2)25-21(23)24-15-22(10-12-27-13-11-22)18-5-8-20(26-3)9-6-18/h4-9,14H,10-13,15H2,1-3H3,(H3,23,24,25). The van der Waals surface area contributed by atoms with E-state index >= 15 is 0 Å². The van der Waals surface area contributed by atoms with E-state index in [9.17, 15) is 0 Å². The lowest BCUT2D eigenvalue weighted by atomic mass is 9.74. The smallest absolute Gasteiger partial charge is 0.193 e. The lowest BCUT2D eigenvalue weighted by Gasteiger charge is -2.36. The summed E-state index contributed by atoms with van der Waals surface area (Å²) >= 11 is 0. The van der Waals surface area contributed by atoms with Crippen molar-refractivity contribution in [2.24, 2.45) is 10.7 Å². The number of anilines is 1. The first kappa shape index (κ1) is 19.2. The van der Waals surface area contributed by atoms with E-state index in [1.807, 2.05) is 18.2 Å². The third-order valence-electron chi connectivity index (χ3n) is 5.48. The van der Waals surface area contributed by atoms with Gasteiger partial charge in [-0.25, -0.2) is 0 Å². The molecule has 0 aliphatic carbocycles. The largest absolute Gasteiger partial charge is 0.497 e. The van der Waals surface area contributed by atoms with Crippen molar-refractivity contribution in [3.05, 3.63) is 59.2 Å². The molecule has 27 heavy (non-hydrogen) atoms. The number of ether oxygens (including phenoxy) is 2. The van der Waals surface area contributed by atoms with Crippen molar-refractivity contribution in [3.63, 3.8) is 0 Å². The molecule has 0 spiro atoms. The fraction of sp³-hybridized carbons (Fsp3) is 0.409. The summed E-state index contributed by atoms with van der Waals surface area (Å²) in [6.45, 7) is 6.30. The maximum Gasteiger partial charge on any atom is 0.193 e. The lowest BCUT2D eigenvalue weighted by Crippen LogP contribution is -2.38. The molecule has 1 heterocycles. The summed E-state index contributed by atoms with van der Waals surface area (Å²) in [5.74, 6) is 1.30. The molecule has 2 aromatic rings. The summed E-state index contributed by atoms with van der Waals surface area (Å²) in [6, 6.07) is 14.5. The third kappa shape index (κ3) is 4.61. The van der Waals surface area contributed by atoms with Crippen molar-refractivity contribution in [2.75, 3.05) is 32.2 Å². The van der Waals surface area contributed by atoms with Gasteiger partial charge in [-0.05, 0) is 67.6 Å². The molecule has 0 saturated carbocycles. The van der Waals surface area contributed by atoms with E-state index in [1.165, 1.54) is 16.7 Å². The van der Waals surface area contributed by atoms with Gasteiger partial charge in [0.05, 0.1) is 13.7 Å². The van der Waals surface area contributed by atoms with Crippen LogP contribution >= 0.6 is 0 Å². The molecule has 5 nitrogen and oxygen atoms in total. The van der Waals surface area contributed by atoms with Crippen LogP contribution in [0.25, 0.3) is 0 Å². The number of hydrogen-bond donors (Lipinski definition) is 2. The van der Waals surface area contributed by atoms with E-state index in [-0.39, 0.29) is 5.41 Å². The van der Waals surface area contributed by atoms with Crippen LogP contribution < -0.4 is 15.8 Å². The Hall–Kier alpha value is -2.53. The van der Waals surface area contributed by atoms with E-state index in [0.29, 0.717) is 12.5 Å². The number of aliphatic imine (C=N–C) groups is 1. The topological polar surface area (TPSA) is 68.9 Å². The molecule has 0 radical (unpaired) electrons. The predicted octanol–water partition coefficient (Wildman–Crippen LogP) is 3.79. The minimum Gasteiger partial charge on any atom is -0.497 e. The summed E-state index contributed by atoms with van der Waals surface area (Å²) in [5, 5.41) is 3.21. The van der Waals surface area contributed by atoms with Crippen molar-refractivity contribution >= 4 is 11.6 Å². The molecule has 0 amide bonds. The summed E-state index contributed by atoms with van der Waals surface area (Å²) in [5.41, 5.74) is 10.8. The van der Waals surface area contributed by atoms with Crippen molar-refractivity contribution in [3.8, 4) is 5.75 Å². The predicted molar refractivity (Wildman–Crippen MR) is 111 cm³/mol. The molecule has 0 bridgehead atoms. The van der Waals surface area contributed by atoms with Gasteiger partial charge in [-0.1, -0.05) is 18.2 Å². The molecule has 0 atom stereocenters. The average molecular weight is 367 g/mol. The zero-order valence-corrected chi connectivity index (χ0v) is 16.4. The molecule has 1 fully saturated rings. The first-order valence-corrected chi connectivity index (χ1v) is 9.39. The van der Waals surface area contributed by atoms with Crippen molar-refractivity contribution in [1.82, 2.24) is 0 Å². The fourth-order valence-corrected chi connectivity index (χ4v) is 3.49. The maximum atomic E-state index is 6.18. The van der Waals surface area contributed by atoms with Gasteiger partial charge in [0, 0.05) is 24.3 Å². The van der Waals surface area contributed by atoms with Gasteiger partial charge in [-0.2, -0.15) is 0 Å². The highest BCUT2D eigenvalue weighted by Crippen LogP contribution is 2.36. The number of nitrogens with zero attached hydrogens (tertiary/aromatic N) is 1. The zero-order chi connectivity index (χ0) is 19.3. The zero-order valence-electron chi connectivity index (χ0n) is 16.4. The second-order valence-electron chi connectivity index (χ2n) is 7.25. The number of nitrogens with one attached hydrogen (secondary N) is 1. The second-order valence-corrected chi connectivity index (χ2v) is 7.25. The minimum atomic E-state index is -0.0555. The van der Waals surface area contributed by atoms with Crippen LogP contribution in [0.3, 0.4) is 0 Å². The van der Waals surface area contributed by atoms with Crippen molar-refractivity contribution < 1.29 is 9.47 Å². The molecule has 144 valence electrons. The van der Waals surface area contributed by atoms with E-state index in [2.05, 4.69) is 48.4 Å². The molecule has 1 saturated heterocycles. The van der Waals surface area contributed by atoms with Crippen LogP contribution in [0.5, 0.6) is 5.75 Å². The summed E-state index contributed by atoms with van der Waals surface area (Å²) < 4.78 is 10.9. The number of guanidine groups is 1. The first-order valence-electron chi connectivity index (χ1n) is 9.39. The van der Waals surface area contributed by atoms with Gasteiger partial charge in [0.15, 0.2) is 5.96 Å². The molecule has 2 aromatic carbocycles. The summed E-state index contributed by atoms with van der Waals surface area (Å²) in [6.07, 6.45) is 1.86. The quantitative estimate of drug-likeness (QED) is 0.623. The molecule has 1 aliphatic rings. The molecule has 1 aliphatic heterocycles. The van der Waals surface area contributed by atoms with Gasteiger partial charge in [-0.3, -0.25) is 4.99 Å². The Kier molecular flexibility index (Phi) is 6.01. The average Bonchev–Trinajstić information content (AvgIpc) is 2.70. The monoisotopic (exact) mass is 367 g/mol. The SMILES string of the molecule is COc1ccc(C2(CN=C(N)Nc3ccc(C)c(C)c3)CCOCC2)cc1. The Labute approximate surface area is 161 Å². The van der Waals surface area contributed by atoms with Gasteiger partial charge in [0.25, 0.3) is 0 Å². The first-order chi connectivity index (χ1) is 13.0. The van der Waals surface area contributed by atoms with Crippen LogP contribution in [0, 0.1) is 13.8 Å². The Balaban J connectivity index is 1.77. The summed E-state index contributed by atoms with van der Waals surface area (Å²) in [7, 11) is 1.68. The van der Waals surface area contributed by atoms with Gasteiger partial charge in [-0.15, -0.1) is 0 Å². The van der Waals surface area contributed by atoms with E-state index in [1.54, 1.807) is 7.11 Å². The Morgan fingerprint density at radius 3 is 2.44 bits per heavy atom. The van der Waals surface area contributed by atoms with E-state index in [4.69, 9.17) is 15.2 Å². The van der Waals surface area contributed by atoms with Crippen LogP contribution in [0.2, 0.25) is 0 Å². The molecule has 5 heteroatoms. The Morgan fingerprint density at radius 2 is 1.81 bits per heavy atom. The van der Waals surface area contributed by atoms with Crippen LogP contribution in [0.15, 0.2) is 47.5 Å². The summed E-state index contributed by atoms with van der Waals surface area (Å²) in [4.78, 5) is 4.68. The Bertz CT molecular complexity index is 794. The van der Waals surface area contributed by atoms with Gasteiger partial charge in [0.1, 0.15) is 5.75 Å². The number of rotatable bonds is 5. The van der Waals surface area contributed by atoms with Gasteiger partial charge >= 0.3 is 0 Å². The van der Waals surface area contributed by atoms with Crippen LogP contribution in [-0.4, -0.2) is 32.8 Å². The molecule has 3 rings (SSSR count). The second kappa shape index (κ2) is 8.44. The van der Waals surface area contributed by atoms with E-state index in [0.717, 1.165) is 37.5 Å². The normalized spacial score (nSPS) is 16.8.